The molecule has 1 N–H and O–H groups in total. The van der Waals surface area contributed by atoms with Crippen LogP contribution in [0.1, 0.15) is 24.4 Å². The van der Waals surface area contributed by atoms with Crippen LogP contribution in [-0.4, -0.2) is 33.0 Å². The van der Waals surface area contributed by atoms with Crippen LogP contribution in [-0.2, 0) is 9.47 Å². The Hall–Kier alpha value is -0.200. The standard InChI is InChI=1S/C14H18BrClFNO2/c1-18-13(14(19-2)5-7-20-8-6-14)9-3-4-10(15)11(16)12(9)17/h3-4,13,18H,5-8H2,1-2H3. The maximum absolute atomic E-state index is 14.5. The van der Waals surface area contributed by atoms with Gasteiger partial charge in [0.2, 0.25) is 0 Å². The summed E-state index contributed by atoms with van der Waals surface area (Å²) in [6, 6.07) is 3.22. The van der Waals surface area contributed by atoms with Crippen molar-refractivity contribution in [2.45, 2.75) is 24.5 Å². The fraction of sp³-hybridized carbons (Fsp3) is 0.571. The molecular formula is C14H18BrClFNO2. The molecule has 1 atom stereocenters. The van der Waals surface area contributed by atoms with Gasteiger partial charge in [0.05, 0.1) is 16.7 Å². The monoisotopic (exact) mass is 365 g/mol. The van der Waals surface area contributed by atoms with Gasteiger partial charge in [0, 0.05) is 43.2 Å². The molecule has 0 amide bonds. The van der Waals surface area contributed by atoms with E-state index in [4.69, 9.17) is 21.1 Å². The number of rotatable bonds is 4. The Morgan fingerprint density at radius 1 is 1.45 bits per heavy atom. The Morgan fingerprint density at radius 2 is 2.10 bits per heavy atom. The molecule has 1 aromatic rings. The SMILES string of the molecule is CNC(c1ccc(Br)c(Cl)c1F)C1(OC)CCOCC1. The highest BCUT2D eigenvalue weighted by Crippen LogP contribution is 2.40. The largest absolute Gasteiger partial charge is 0.381 e. The van der Waals surface area contributed by atoms with E-state index in [2.05, 4.69) is 21.2 Å². The van der Waals surface area contributed by atoms with Gasteiger partial charge in [0.15, 0.2) is 0 Å². The summed E-state index contributed by atoms with van der Waals surface area (Å²) in [4.78, 5) is 0. The third-order valence-corrected chi connectivity index (χ3v) is 5.20. The van der Waals surface area contributed by atoms with E-state index in [-0.39, 0.29) is 11.1 Å². The highest BCUT2D eigenvalue weighted by molar-refractivity contribution is 9.10. The fourth-order valence-electron chi connectivity index (χ4n) is 2.79. The maximum atomic E-state index is 14.5. The quantitative estimate of drug-likeness (QED) is 0.824. The average molecular weight is 367 g/mol. The second-order valence-corrected chi connectivity index (χ2v) is 6.10. The molecule has 20 heavy (non-hydrogen) atoms. The van der Waals surface area contributed by atoms with E-state index in [9.17, 15) is 4.39 Å². The molecule has 3 nitrogen and oxygen atoms in total. The highest BCUT2D eigenvalue weighted by atomic mass is 79.9. The third kappa shape index (κ3) is 2.88. The molecule has 1 unspecified atom stereocenters. The summed E-state index contributed by atoms with van der Waals surface area (Å²) < 4.78 is 26.2. The van der Waals surface area contributed by atoms with Crippen molar-refractivity contribution in [1.29, 1.82) is 0 Å². The van der Waals surface area contributed by atoms with Crippen LogP contribution in [0.2, 0.25) is 5.02 Å². The molecule has 1 aliphatic heterocycles. The number of ether oxygens (including phenoxy) is 2. The van der Waals surface area contributed by atoms with Gasteiger partial charge in [0.25, 0.3) is 0 Å². The summed E-state index contributed by atoms with van der Waals surface area (Å²) in [7, 11) is 3.46. The van der Waals surface area contributed by atoms with Gasteiger partial charge in [0.1, 0.15) is 5.82 Å². The number of halogens is 3. The van der Waals surface area contributed by atoms with Gasteiger partial charge in [-0.1, -0.05) is 17.7 Å². The topological polar surface area (TPSA) is 30.5 Å². The van der Waals surface area contributed by atoms with Crippen LogP contribution in [0.5, 0.6) is 0 Å². The number of hydrogen-bond acceptors (Lipinski definition) is 3. The van der Waals surface area contributed by atoms with Crippen LogP contribution in [0.25, 0.3) is 0 Å². The minimum Gasteiger partial charge on any atom is -0.381 e. The second-order valence-electron chi connectivity index (χ2n) is 4.87. The predicted octanol–water partition coefficient (Wildman–Crippen LogP) is 3.70. The highest BCUT2D eigenvalue weighted by Gasteiger charge is 2.42. The van der Waals surface area contributed by atoms with E-state index in [0.717, 1.165) is 0 Å². The average Bonchev–Trinajstić information content (AvgIpc) is 2.49. The van der Waals surface area contributed by atoms with E-state index in [1.807, 2.05) is 0 Å². The normalized spacial score (nSPS) is 19.9. The molecule has 112 valence electrons. The minimum absolute atomic E-state index is 0.0982. The molecule has 1 saturated heterocycles. The van der Waals surface area contributed by atoms with E-state index < -0.39 is 11.4 Å². The molecule has 0 bridgehead atoms. The first-order chi connectivity index (χ1) is 9.55. The molecule has 2 rings (SSSR count). The lowest BCUT2D eigenvalue weighted by Gasteiger charge is -2.42. The summed E-state index contributed by atoms with van der Waals surface area (Å²) in [6.45, 7) is 1.22. The first kappa shape index (κ1) is 16.2. The zero-order chi connectivity index (χ0) is 14.8. The number of nitrogens with one attached hydrogen (secondary N) is 1. The molecule has 0 spiro atoms. The van der Waals surface area contributed by atoms with Crippen LogP contribution >= 0.6 is 27.5 Å². The van der Waals surface area contributed by atoms with E-state index in [0.29, 0.717) is 36.1 Å². The molecule has 1 aliphatic rings. The summed E-state index contributed by atoms with van der Waals surface area (Å²) >= 11 is 9.23. The predicted molar refractivity (Wildman–Crippen MR) is 80.7 cm³/mol. The fourth-order valence-corrected chi connectivity index (χ4v) is 3.27. The van der Waals surface area contributed by atoms with Crippen molar-refractivity contribution < 1.29 is 13.9 Å². The van der Waals surface area contributed by atoms with Crippen LogP contribution in [0.15, 0.2) is 16.6 Å². The number of benzene rings is 1. The van der Waals surface area contributed by atoms with Crippen molar-refractivity contribution in [3.8, 4) is 0 Å². The molecule has 0 aromatic heterocycles. The summed E-state index contributed by atoms with van der Waals surface area (Å²) in [5.41, 5.74) is 0.0369. The third-order valence-electron chi connectivity index (χ3n) is 3.94. The lowest BCUT2D eigenvalue weighted by Crippen LogP contribution is -2.48. The van der Waals surface area contributed by atoms with Crippen molar-refractivity contribution in [3.63, 3.8) is 0 Å². The van der Waals surface area contributed by atoms with Gasteiger partial charge >= 0.3 is 0 Å². The Bertz CT molecular complexity index is 480. The van der Waals surface area contributed by atoms with Gasteiger partial charge in [-0.25, -0.2) is 4.39 Å². The second kappa shape index (κ2) is 6.71. The van der Waals surface area contributed by atoms with Gasteiger partial charge in [-0.3, -0.25) is 0 Å². The molecular weight excluding hydrogens is 349 g/mol. The van der Waals surface area contributed by atoms with Crippen molar-refractivity contribution in [1.82, 2.24) is 5.32 Å². The number of methoxy groups -OCH3 is 1. The van der Waals surface area contributed by atoms with Crippen LogP contribution < -0.4 is 5.32 Å². The van der Waals surface area contributed by atoms with Gasteiger partial charge in [-0.05, 0) is 29.0 Å². The van der Waals surface area contributed by atoms with Crippen molar-refractivity contribution >= 4 is 27.5 Å². The lowest BCUT2D eigenvalue weighted by molar-refractivity contribution is -0.111. The van der Waals surface area contributed by atoms with Crippen LogP contribution in [0.3, 0.4) is 0 Å². The van der Waals surface area contributed by atoms with Crippen molar-refractivity contribution in [2.24, 2.45) is 0 Å². The Balaban J connectivity index is 2.43. The van der Waals surface area contributed by atoms with E-state index in [1.165, 1.54) is 0 Å². The number of hydrogen-bond donors (Lipinski definition) is 1. The lowest BCUT2D eigenvalue weighted by atomic mass is 9.82. The summed E-state index contributed by atoms with van der Waals surface area (Å²) in [5.74, 6) is -0.414. The van der Waals surface area contributed by atoms with E-state index >= 15 is 0 Å². The number of likely N-dealkylation sites (N-methyl/N-ethyl adjacent to an activating group) is 1. The zero-order valence-electron chi connectivity index (χ0n) is 11.5. The van der Waals surface area contributed by atoms with Gasteiger partial charge < -0.3 is 14.8 Å². The molecule has 0 aliphatic carbocycles. The first-order valence-corrected chi connectivity index (χ1v) is 7.66. The Morgan fingerprint density at radius 3 is 2.65 bits per heavy atom. The summed E-state index contributed by atoms with van der Waals surface area (Å²) in [6.07, 6.45) is 1.42. The van der Waals surface area contributed by atoms with Gasteiger partial charge in [-0.2, -0.15) is 0 Å². The molecule has 1 fully saturated rings. The first-order valence-electron chi connectivity index (χ1n) is 6.49. The Kier molecular flexibility index (Phi) is 5.42. The molecule has 6 heteroatoms. The van der Waals surface area contributed by atoms with Gasteiger partial charge in [-0.15, -0.1) is 0 Å². The maximum Gasteiger partial charge on any atom is 0.147 e. The zero-order valence-corrected chi connectivity index (χ0v) is 13.9. The smallest absolute Gasteiger partial charge is 0.147 e. The molecule has 1 heterocycles. The molecule has 0 radical (unpaired) electrons. The Labute approximate surface area is 131 Å². The summed E-state index contributed by atoms with van der Waals surface area (Å²) in [5, 5.41) is 3.27. The molecule has 0 saturated carbocycles. The van der Waals surface area contributed by atoms with Crippen LogP contribution in [0.4, 0.5) is 4.39 Å². The van der Waals surface area contributed by atoms with Crippen LogP contribution in [0, 0.1) is 5.82 Å². The molecule has 1 aromatic carbocycles. The van der Waals surface area contributed by atoms with Crippen molar-refractivity contribution in [2.75, 3.05) is 27.4 Å². The van der Waals surface area contributed by atoms with E-state index in [1.54, 1.807) is 26.3 Å². The minimum atomic E-state index is -0.481. The van der Waals surface area contributed by atoms with Crippen molar-refractivity contribution in [3.05, 3.63) is 33.0 Å².